The lowest BCUT2D eigenvalue weighted by Gasteiger charge is -2.10. The van der Waals surface area contributed by atoms with Crippen molar-refractivity contribution >= 4 is 28.6 Å². The molecule has 88 valence electrons. The van der Waals surface area contributed by atoms with E-state index in [9.17, 15) is 10.1 Å². The summed E-state index contributed by atoms with van der Waals surface area (Å²) in [6, 6.07) is 1.70. The van der Waals surface area contributed by atoms with E-state index in [0.717, 1.165) is 17.3 Å². The number of hydrogen-bond donors (Lipinski definition) is 1. The zero-order valence-corrected chi connectivity index (χ0v) is 10.5. The molecule has 1 aliphatic rings. The van der Waals surface area contributed by atoms with Gasteiger partial charge >= 0.3 is 0 Å². The van der Waals surface area contributed by atoms with Gasteiger partial charge in [-0.2, -0.15) is 0 Å². The smallest absolute Gasteiger partial charge is 0.299 e. The number of nitro groups is 1. The summed E-state index contributed by atoms with van der Waals surface area (Å²) < 4.78 is 0.264. The molecule has 0 aromatic carbocycles. The van der Waals surface area contributed by atoms with Gasteiger partial charge in [0.1, 0.15) is 0 Å². The molecule has 1 unspecified atom stereocenters. The van der Waals surface area contributed by atoms with Crippen LogP contribution in [0.3, 0.4) is 0 Å². The third-order valence-corrected chi connectivity index (χ3v) is 4.24. The Balaban J connectivity index is 2.01. The number of nitrogens with zero attached hydrogens (tertiary/aromatic N) is 1. The molecule has 1 heterocycles. The second-order valence-electron chi connectivity index (χ2n) is 4.14. The summed E-state index contributed by atoms with van der Waals surface area (Å²) in [5.74, 6) is 0.799. The highest BCUT2D eigenvalue weighted by Crippen LogP contribution is 2.37. The molecular formula is C10H13ClN2O2S. The third-order valence-electron chi connectivity index (χ3n) is 2.72. The number of nitrogens with one attached hydrogen (secondary N) is 1. The molecule has 4 nitrogen and oxygen atoms in total. The molecule has 1 aromatic rings. The van der Waals surface area contributed by atoms with Crippen LogP contribution in [0.15, 0.2) is 6.07 Å². The summed E-state index contributed by atoms with van der Waals surface area (Å²) in [6.45, 7) is 3.00. The van der Waals surface area contributed by atoms with Gasteiger partial charge in [0.15, 0.2) is 4.34 Å². The van der Waals surface area contributed by atoms with Crippen LogP contribution >= 0.6 is 22.9 Å². The van der Waals surface area contributed by atoms with Gasteiger partial charge in [0.05, 0.1) is 4.92 Å². The Hall–Kier alpha value is -0.650. The molecule has 1 fully saturated rings. The van der Waals surface area contributed by atoms with E-state index in [1.54, 1.807) is 6.07 Å². The lowest BCUT2D eigenvalue weighted by Crippen LogP contribution is -2.20. The number of rotatable bonds is 5. The highest BCUT2D eigenvalue weighted by atomic mass is 35.5. The van der Waals surface area contributed by atoms with E-state index >= 15 is 0 Å². The molecule has 1 saturated carbocycles. The summed E-state index contributed by atoms with van der Waals surface area (Å²) in [7, 11) is 0. The predicted octanol–water partition coefficient (Wildman–Crippen LogP) is 3.37. The summed E-state index contributed by atoms with van der Waals surface area (Å²) in [6.07, 6.45) is 2.59. The molecule has 1 atom stereocenters. The van der Waals surface area contributed by atoms with Gasteiger partial charge in [-0.25, -0.2) is 0 Å². The zero-order valence-electron chi connectivity index (χ0n) is 8.90. The van der Waals surface area contributed by atoms with Gasteiger partial charge in [0.2, 0.25) is 0 Å². The highest BCUT2D eigenvalue weighted by Gasteiger charge is 2.24. The molecule has 1 N–H and O–H groups in total. The van der Waals surface area contributed by atoms with Crippen molar-refractivity contribution in [2.75, 3.05) is 6.54 Å². The van der Waals surface area contributed by atoms with E-state index in [0.29, 0.717) is 0 Å². The lowest BCUT2D eigenvalue weighted by atomic mass is 10.2. The average molecular weight is 261 g/mol. The SMILES string of the molecule is CC(NCC1CC1)c1cc([N+](=O)[O-])c(Cl)s1. The molecule has 1 aliphatic carbocycles. The zero-order chi connectivity index (χ0) is 11.7. The van der Waals surface area contributed by atoms with E-state index in [-0.39, 0.29) is 16.1 Å². The predicted molar refractivity (Wildman–Crippen MR) is 65.1 cm³/mol. The van der Waals surface area contributed by atoms with Gasteiger partial charge in [0.25, 0.3) is 5.69 Å². The van der Waals surface area contributed by atoms with Crippen LogP contribution in [-0.4, -0.2) is 11.5 Å². The number of halogens is 1. The molecule has 0 radical (unpaired) electrons. The molecular weight excluding hydrogens is 248 g/mol. The molecule has 0 aliphatic heterocycles. The number of hydrogen-bond acceptors (Lipinski definition) is 4. The maximum Gasteiger partial charge on any atom is 0.299 e. The van der Waals surface area contributed by atoms with Gasteiger partial charge in [-0.3, -0.25) is 10.1 Å². The van der Waals surface area contributed by atoms with Gasteiger partial charge < -0.3 is 5.32 Å². The molecule has 6 heteroatoms. The molecule has 1 aromatic heterocycles. The van der Waals surface area contributed by atoms with E-state index in [1.165, 1.54) is 24.2 Å². The third kappa shape index (κ3) is 2.72. The number of thiophene rings is 1. The Morgan fingerprint density at radius 2 is 2.44 bits per heavy atom. The minimum atomic E-state index is -0.435. The van der Waals surface area contributed by atoms with E-state index in [1.807, 2.05) is 6.92 Å². The van der Waals surface area contributed by atoms with Crippen molar-refractivity contribution < 1.29 is 4.92 Å². The van der Waals surface area contributed by atoms with E-state index in [4.69, 9.17) is 11.6 Å². The summed E-state index contributed by atoms with van der Waals surface area (Å²) in [5.41, 5.74) is 0.0155. The van der Waals surface area contributed by atoms with Crippen LogP contribution in [0.2, 0.25) is 4.34 Å². The monoisotopic (exact) mass is 260 g/mol. The Morgan fingerprint density at radius 3 is 2.94 bits per heavy atom. The van der Waals surface area contributed by atoms with Crippen molar-refractivity contribution in [3.05, 3.63) is 25.4 Å². The van der Waals surface area contributed by atoms with Crippen molar-refractivity contribution in [1.29, 1.82) is 0 Å². The van der Waals surface area contributed by atoms with Crippen molar-refractivity contribution in [2.45, 2.75) is 25.8 Å². The van der Waals surface area contributed by atoms with Crippen LogP contribution in [0.1, 0.15) is 30.7 Å². The van der Waals surface area contributed by atoms with Gasteiger partial charge in [-0.1, -0.05) is 11.6 Å². The van der Waals surface area contributed by atoms with Crippen LogP contribution in [0, 0.1) is 16.0 Å². The minimum absolute atomic E-state index is 0.0155. The Morgan fingerprint density at radius 1 is 1.75 bits per heavy atom. The minimum Gasteiger partial charge on any atom is -0.309 e. The lowest BCUT2D eigenvalue weighted by molar-refractivity contribution is -0.384. The van der Waals surface area contributed by atoms with Gasteiger partial charge in [-0.15, -0.1) is 11.3 Å². The van der Waals surface area contributed by atoms with Gasteiger partial charge in [0, 0.05) is 17.0 Å². The molecule has 2 rings (SSSR count). The maximum absolute atomic E-state index is 10.6. The molecule has 0 bridgehead atoms. The summed E-state index contributed by atoms with van der Waals surface area (Å²) >= 11 is 7.09. The average Bonchev–Trinajstić information content (AvgIpc) is 2.96. The van der Waals surface area contributed by atoms with E-state index < -0.39 is 4.92 Å². The molecule has 0 spiro atoms. The van der Waals surface area contributed by atoms with Crippen LogP contribution in [0.5, 0.6) is 0 Å². The first-order chi connectivity index (χ1) is 7.58. The largest absolute Gasteiger partial charge is 0.309 e. The molecule has 0 saturated heterocycles. The normalized spacial score (nSPS) is 17.4. The maximum atomic E-state index is 10.6. The van der Waals surface area contributed by atoms with Crippen molar-refractivity contribution in [3.63, 3.8) is 0 Å². The molecule has 0 amide bonds. The summed E-state index contributed by atoms with van der Waals surface area (Å²) in [5, 5.41) is 14.0. The fraction of sp³-hybridized carbons (Fsp3) is 0.600. The van der Waals surface area contributed by atoms with Crippen LogP contribution < -0.4 is 5.32 Å². The van der Waals surface area contributed by atoms with E-state index in [2.05, 4.69) is 5.32 Å². The van der Waals surface area contributed by atoms with Crippen LogP contribution in [0.4, 0.5) is 5.69 Å². The summed E-state index contributed by atoms with van der Waals surface area (Å²) in [4.78, 5) is 11.1. The Kier molecular flexibility index (Phi) is 3.47. The highest BCUT2D eigenvalue weighted by molar-refractivity contribution is 7.16. The second-order valence-corrected chi connectivity index (χ2v) is 5.82. The Bertz CT molecular complexity index is 404. The first-order valence-corrected chi connectivity index (χ1v) is 6.44. The topological polar surface area (TPSA) is 55.2 Å². The standard InChI is InChI=1S/C10H13ClN2O2S/c1-6(12-5-7-2-3-7)9-4-8(13(14)15)10(11)16-9/h4,6-7,12H,2-3,5H2,1H3. The van der Waals surface area contributed by atoms with Crippen molar-refractivity contribution in [3.8, 4) is 0 Å². The van der Waals surface area contributed by atoms with Gasteiger partial charge in [-0.05, 0) is 32.2 Å². The quantitative estimate of drug-likeness (QED) is 0.652. The van der Waals surface area contributed by atoms with Crippen molar-refractivity contribution in [2.24, 2.45) is 5.92 Å². The first-order valence-electron chi connectivity index (χ1n) is 5.25. The second kappa shape index (κ2) is 4.69. The van der Waals surface area contributed by atoms with Crippen LogP contribution in [0.25, 0.3) is 0 Å². The first kappa shape index (κ1) is 11.8. The van der Waals surface area contributed by atoms with Crippen molar-refractivity contribution in [1.82, 2.24) is 5.32 Å². The Labute approximate surface area is 103 Å². The fourth-order valence-electron chi connectivity index (χ4n) is 1.48. The van der Waals surface area contributed by atoms with Crippen LogP contribution in [-0.2, 0) is 0 Å². The fourth-order valence-corrected chi connectivity index (χ4v) is 2.75. The molecule has 16 heavy (non-hydrogen) atoms.